The number of carbonyl (C=O) groups excluding carboxylic acids is 2. The Morgan fingerprint density at radius 2 is 0.989 bits per heavy atom. The summed E-state index contributed by atoms with van der Waals surface area (Å²) in [6, 6.07) is 22.4. The van der Waals surface area contributed by atoms with Crippen LogP contribution in [0.2, 0.25) is 0 Å². The number of nitrogens with one attached hydrogen (secondary N) is 2. The molecule has 0 radical (unpaired) electrons. The fourth-order valence-corrected chi connectivity index (χ4v) is 13.3. The number of piperazine rings is 2. The monoisotopic (exact) mass is 1220 g/mol. The standard InChI is InChI=1S/C66H82F6N10O6/c1-43-31-79(37-59(83)81-41-63(3,4)61-57(81)24-47(27-75-61)22-45-10-14-49(15-11-45)65(67,68)69)51(29-73-43)33-77-18-20-85-55(35-77)39-87-53-8-7-9-54(26-53)88-40-56-36-78(19-21-86-56)34-52-30-74-44(2)32-80(52)38-60(84)82-42-64(5,6)62-58(82)25-48(28-76-62)23-46-12-16-50(17-13-46)66(70,71)72/h7-17,24-28,43-44,51-52,55-56,73-74H,18-23,29-42H2,1-6H3/t43-,44-,51-,52-,55+,56+/m1/s1. The van der Waals surface area contributed by atoms with Gasteiger partial charge in [-0.1, -0.05) is 58.0 Å². The van der Waals surface area contributed by atoms with Crippen molar-refractivity contribution in [2.24, 2.45) is 0 Å². The Kier molecular flexibility index (Phi) is 18.9. The number of pyridine rings is 2. The van der Waals surface area contributed by atoms with Gasteiger partial charge in [0.15, 0.2) is 0 Å². The molecule has 11 rings (SSSR count). The minimum atomic E-state index is -4.41. The summed E-state index contributed by atoms with van der Waals surface area (Å²) in [4.78, 5) is 51.5. The number of carbonyl (C=O) groups is 2. The van der Waals surface area contributed by atoms with Crippen molar-refractivity contribution in [2.45, 2.75) is 114 Å². The third-order valence-electron chi connectivity index (χ3n) is 18.0. The normalized spacial score (nSPS) is 24.5. The molecule has 2 amide bonds. The van der Waals surface area contributed by atoms with E-state index in [0.29, 0.717) is 90.0 Å². The molecule has 474 valence electrons. The van der Waals surface area contributed by atoms with Gasteiger partial charge in [-0.3, -0.25) is 39.2 Å². The Bertz CT molecular complexity index is 3030. The van der Waals surface area contributed by atoms with Crippen LogP contribution >= 0.6 is 0 Å². The van der Waals surface area contributed by atoms with Crippen molar-refractivity contribution < 1.29 is 54.9 Å². The van der Waals surface area contributed by atoms with Gasteiger partial charge in [0.1, 0.15) is 36.9 Å². The first-order valence-corrected chi connectivity index (χ1v) is 30.8. The number of alkyl halides is 6. The second-order valence-electron chi connectivity index (χ2n) is 26.3. The molecule has 2 aromatic heterocycles. The zero-order valence-corrected chi connectivity index (χ0v) is 51.1. The van der Waals surface area contributed by atoms with Gasteiger partial charge < -0.3 is 39.4 Å². The second-order valence-corrected chi connectivity index (χ2v) is 26.3. The lowest BCUT2D eigenvalue weighted by Gasteiger charge is -2.43. The average molecular weight is 1230 g/mol. The van der Waals surface area contributed by atoms with Crippen molar-refractivity contribution in [3.63, 3.8) is 0 Å². The van der Waals surface area contributed by atoms with Crippen LogP contribution in [0.25, 0.3) is 0 Å². The summed E-state index contributed by atoms with van der Waals surface area (Å²) in [5.74, 6) is 1.30. The molecule has 4 fully saturated rings. The minimum absolute atomic E-state index is 0.0129. The van der Waals surface area contributed by atoms with E-state index in [9.17, 15) is 35.9 Å². The summed E-state index contributed by atoms with van der Waals surface area (Å²) in [6.45, 7) is 22.9. The largest absolute Gasteiger partial charge is 0.491 e. The van der Waals surface area contributed by atoms with E-state index in [2.05, 4.69) is 71.8 Å². The summed E-state index contributed by atoms with van der Waals surface area (Å²) in [6.07, 6.45) is -4.86. The number of benzene rings is 3. The number of amides is 2. The zero-order valence-electron chi connectivity index (χ0n) is 51.1. The fourth-order valence-electron chi connectivity index (χ4n) is 13.3. The van der Waals surface area contributed by atoms with Crippen LogP contribution < -0.4 is 29.9 Å². The molecule has 3 aromatic carbocycles. The predicted molar refractivity (Wildman–Crippen MR) is 323 cm³/mol. The molecule has 6 aliphatic heterocycles. The SMILES string of the molecule is C[C@@H]1CN(CC(=O)N2CC(C)(C)c3ncc(Cc4ccc(C(F)(F)F)cc4)cc32)[C@@H](CN2CCO[C@H](COc3cccc(OC[C@@H]4CN(C[C@H]5CN[C@H](C)CN5CC(=O)N5CC(C)(C)c6ncc(Cc7ccc(C(F)(F)F)cc7)cc65)CCO4)c3)C2)CN1. The van der Waals surface area contributed by atoms with Crippen LogP contribution in [0.1, 0.15) is 86.3 Å². The van der Waals surface area contributed by atoms with Gasteiger partial charge in [0.2, 0.25) is 11.8 Å². The molecule has 0 saturated carbocycles. The number of anilines is 2. The summed E-state index contributed by atoms with van der Waals surface area (Å²) in [7, 11) is 0. The Morgan fingerprint density at radius 1 is 0.580 bits per heavy atom. The molecule has 6 atom stereocenters. The highest BCUT2D eigenvalue weighted by atomic mass is 19.4. The van der Waals surface area contributed by atoms with Gasteiger partial charge >= 0.3 is 12.4 Å². The Hall–Kier alpha value is -6.24. The topological polar surface area (TPSA) is 140 Å². The molecule has 16 nitrogen and oxygen atoms in total. The predicted octanol–water partition coefficient (Wildman–Crippen LogP) is 7.83. The van der Waals surface area contributed by atoms with E-state index in [1.807, 2.05) is 46.2 Å². The van der Waals surface area contributed by atoms with Gasteiger partial charge in [-0.25, -0.2) is 0 Å². The molecule has 0 spiro atoms. The van der Waals surface area contributed by atoms with Crippen LogP contribution in [-0.4, -0.2) is 196 Å². The van der Waals surface area contributed by atoms with Crippen LogP contribution in [-0.2, 0) is 55.1 Å². The molecule has 6 aliphatic rings. The number of ether oxygens (including phenoxy) is 4. The highest BCUT2D eigenvalue weighted by Crippen LogP contribution is 2.42. The Labute approximate surface area is 511 Å². The van der Waals surface area contributed by atoms with Gasteiger partial charge in [0.25, 0.3) is 0 Å². The van der Waals surface area contributed by atoms with Crippen LogP contribution in [0.15, 0.2) is 97.3 Å². The summed E-state index contributed by atoms with van der Waals surface area (Å²) in [5, 5.41) is 7.26. The molecule has 0 bridgehead atoms. The van der Waals surface area contributed by atoms with Crippen molar-refractivity contribution in [1.29, 1.82) is 0 Å². The second kappa shape index (κ2) is 26.3. The summed E-state index contributed by atoms with van der Waals surface area (Å²) in [5.41, 5.74) is 4.14. The van der Waals surface area contributed by atoms with Crippen LogP contribution in [0.5, 0.6) is 11.5 Å². The lowest BCUT2D eigenvalue weighted by atomic mass is 9.91. The van der Waals surface area contributed by atoms with E-state index >= 15 is 0 Å². The average Bonchev–Trinajstić information content (AvgIpc) is 1.89. The molecule has 0 aliphatic carbocycles. The van der Waals surface area contributed by atoms with Crippen LogP contribution in [0.4, 0.5) is 37.7 Å². The number of nitrogens with zero attached hydrogens (tertiary/aromatic N) is 8. The smallest absolute Gasteiger partial charge is 0.416 e. The molecular formula is C66H82F6N10O6. The third kappa shape index (κ3) is 15.3. The van der Waals surface area contributed by atoms with E-state index in [-0.39, 0.29) is 72.1 Å². The molecule has 2 N–H and O–H groups in total. The summed E-state index contributed by atoms with van der Waals surface area (Å²) < 4.78 is 105. The highest BCUT2D eigenvalue weighted by Gasteiger charge is 2.43. The number of hydrogen-bond donors (Lipinski definition) is 2. The first-order chi connectivity index (χ1) is 41.9. The number of rotatable bonds is 18. The van der Waals surface area contributed by atoms with Gasteiger partial charge in [-0.2, -0.15) is 26.3 Å². The zero-order chi connectivity index (χ0) is 62.1. The number of aromatic nitrogens is 2. The molecule has 5 aromatic rings. The first-order valence-electron chi connectivity index (χ1n) is 30.8. The van der Waals surface area contributed by atoms with Crippen LogP contribution in [0.3, 0.4) is 0 Å². The molecular weight excluding hydrogens is 1140 g/mol. The highest BCUT2D eigenvalue weighted by molar-refractivity contribution is 5.98. The maximum absolute atomic E-state index is 14.4. The number of halogens is 6. The van der Waals surface area contributed by atoms with E-state index in [1.165, 1.54) is 24.3 Å². The summed E-state index contributed by atoms with van der Waals surface area (Å²) >= 11 is 0. The van der Waals surface area contributed by atoms with Crippen molar-refractivity contribution in [1.82, 2.24) is 40.2 Å². The van der Waals surface area contributed by atoms with Gasteiger partial charge in [0, 0.05) is 132 Å². The van der Waals surface area contributed by atoms with E-state index in [4.69, 9.17) is 28.9 Å². The number of morpholine rings is 2. The maximum Gasteiger partial charge on any atom is 0.416 e. The van der Waals surface area contributed by atoms with Gasteiger partial charge in [-0.05, 0) is 97.5 Å². The molecule has 4 saturated heterocycles. The number of hydrogen-bond acceptors (Lipinski definition) is 14. The lowest BCUT2D eigenvalue weighted by Crippen LogP contribution is -2.61. The minimum Gasteiger partial charge on any atom is -0.491 e. The van der Waals surface area contributed by atoms with E-state index < -0.39 is 23.5 Å². The van der Waals surface area contributed by atoms with E-state index in [1.54, 1.807) is 12.4 Å². The third-order valence-corrected chi connectivity index (χ3v) is 18.0. The quantitative estimate of drug-likeness (QED) is 0.0824. The van der Waals surface area contributed by atoms with E-state index in [0.717, 1.165) is 109 Å². The van der Waals surface area contributed by atoms with Gasteiger partial charge in [0.05, 0.1) is 60.2 Å². The fraction of sp³-hybridized carbons (Fsp3) is 0.545. The van der Waals surface area contributed by atoms with Gasteiger partial charge in [-0.15, -0.1) is 0 Å². The Balaban J connectivity index is 0.643. The lowest BCUT2D eigenvalue weighted by molar-refractivity contribution is -0.138. The van der Waals surface area contributed by atoms with Crippen molar-refractivity contribution in [2.75, 3.05) is 128 Å². The molecule has 0 unspecified atom stereocenters. The van der Waals surface area contributed by atoms with Crippen molar-refractivity contribution in [3.05, 3.63) is 142 Å². The molecule has 88 heavy (non-hydrogen) atoms. The molecule has 8 heterocycles. The molecule has 22 heteroatoms. The number of fused-ring (bicyclic) bond motifs is 2. The van der Waals surface area contributed by atoms with Crippen molar-refractivity contribution >= 4 is 23.2 Å². The van der Waals surface area contributed by atoms with Crippen molar-refractivity contribution in [3.8, 4) is 11.5 Å². The maximum atomic E-state index is 14.4. The van der Waals surface area contributed by atoms with Crippen LogP contribution in [0, 0.1) is 0 Å². The Morgan fingerprint density at radius 3 is 1.39 bits per heavy atom. The first kappa shape index (κ1) is 63.3.